The predicted octanol–water partition coefficient (Wildman–Crippen LogP) is 5.05. The van der Waals surface area contributed by atoms with Crippen LogP contribution in [0.5, 0.6) is 5.75 Å². The minimum atomic E-state index is -0.926. The summed E-state index contributed by atoms with van der Waals surface area (Å²) in [5.41, 5.74) is 2.63. The van der Waals surface area contributed by atoms with Crippen LogP contribution in [-0.4, -0.2) is 35.5 Å². The van der Waals surface area contributed by atoms with E-state index in [0.29, 0.717) is 35.8 Å². The van der Waals surface area contributed by atoms with Crippen LogP contribution >= 0.6 is 0 Å². The lowest BCUT2D eigenvalue weighted by molar-refractivity contribution is -0.124. The van der Waals surface area contributed by atoms with E-state index in [9.17, 15) is 18.4 Å². The quantitative estimate of drug-likeness (QED) is 0.139. The van der Waals surface area contributed by atoms with Gasteiger partial charge in [0.2, 0.25) is 0 Å². The van der Waals surface area contributed by atoms with Gasteiger partial charge in [0.1, 0.15) is 30.1 Å². The lowest BCUT2D eigenvalue weighted by atomic mass is 9.93. The lowest BCUT2D eigenvalue weighted by Gasteiger charge is -2.25. The zero-order chi connectivity index (χ0) is 26.5. The highest BCUT2D eigenvalue weighted by Crippen LogP contribution is 2.31. The number of amides is 2. The fourth-order valence-electron chi connectivity index (χ4n) is 3.34. The smallest absolute Gasteiger partial charge is 0.412 e. The van der Waals surface area contributed by atoms with Gasteiger partial charge in [0.15, 0.2) is 0 Å². The van der Waals surface area contributed by atoms with Crippen LogP contribution in [0.25, 0.3) is 0 Å². The van der Waals surface area contributed by atoms with Crippen LogP contribution in [0.4, 0.5) is 19.3 Å². The van der Waals surface area contributed by atoms with Crippen molar-refractivity contribution >= 4 is 17.7 Å². The van der Waals surface area contributed by atoms with Gasteiger partial charge in [-0.15, -0.1) is 0 Å². The normalized spacial score (nSPS) is 13.2. The van der Waals surface area contributed by atoms with E-state index in [1.165, 1.54) is 11.6 Å². The first kappa shape index (κ1) is 28.5. The number of hydrogen-bond acceptors (Lipinski definition) is 6. The first-order valence-electron chi connectivity index (χ1n) is 11.3. The van der Waals surface area contributed by atoms with E-state index in [2.05, 4.69) is 5.32 Å². The predicted molar refractivity (Wildman–Crippen MR) is 129 cm³/mol. The van der Waals surface area contributed by atoms with Crippen molar-refractivity contribution in [1.82, 2.24) is 5.48 Å². The van der Waals surface area contributed by atoms with Gasteiger partial charge in [-0.1, -0.05) is 31.2 Å². The minimum Gasteiger partial charge on any atom is -0.491 e. The summed E-state index contributed by atoms with van der Waals surface area (Å²) in [6, 6.07) is 9.63. The van der Waals surface area contributed by atoms with Crippen LogP contribution in [0.1, 0.15) is 38.4 Å². The maximum atomic E-state index is 14.0. The zero-order valence-electron chi connectivity index (χ0n) is 20.0. The van der Waals surface area contributed by atoms with Crippen LogP contribution in [0, 0.1) is 17.6 Å². The number of carbonyl (C=O) groups is 2. The molecule has 0 radical (unpaired) electrons. The van der Waals surface area contributed by atoms with Gasteiger partial charge >= 0.3 is 6.09 Å². The molecular weight excluding hydrogens is 474 g/mol. The number of nitrogens with one attached hydrogen (secondary N) is 2. The second kappa shape index (κ2) is 14.6. The topological polar surface area (TPSA) is 117 Å². The lowest BCUT2D eigenvalue weighted by Crippen LogP contribution is -2.22. The number of aliphatic hydroxyl groups is 1. The largest absolute Gasteiger partial charge is 0.491 e. The Morgan fingerprint density at radius 2 is 1.86 bits per heavy atom. The highest BCUT2D eigenvalue weighted by molar-refractivity contribution is 5.87. The summed E-state index contributed by atoms with van der Waals surface area (Å²) in [6.07, 6.45) is 4.41. The van der Waals surface area contributed by atoms with Gasteiger partial charge in [0.05, 0.1) is 12.3 Å². The molecule has 2 aromatic rings. The van der Waals surface area contributed by atoms with Crippen molar-refractivity contribution < 1.29 is 38.2 Å². The molecule has 194 valence electrons. The molecule has 0 unspecified atom stereocenters. The molecule has 0 spiro atoms. The van der Waals surface area contributed by atoms with Crippen LogP contribution in [0.2, 0.25) is 0 Å². The Kier molecular flexibility index (Phi) is 11.5. The van der Waals surface area contributed by atoms with E-state index < -0.39 is 29.7 Å². The second-order valence-electron chi connectivity index (χ2n) is 8.04. The Labute approximate surface area is 208 Å². The van der Waals surface area contributed by atoms with E-state index in [1.807, 2.05) is 13.0 Å². The molecule has 0 saturated carbocycles. The van der Waals surface area contributed by atoms with E-state index in [4.69, 9.17) is 19.8 Å². The number of hydroxylamine groups is 1. The zero-order valence-corrected chi connectivity index (χ0v) is 20.0. The van der Waals surface area contributed by atoms with Gasteiger partial charge in [-0.25, -0.2) is 19.1 Å². The Balaban J connectivity index is 2.13. The molecule has 4 N–H and O–H groups in total. The molecular formula is C26H30F2N2O6. The van der Waals surface area contributed by atoms with Crippen molar-refractivity contribution in [3.05, 3.63) is 83.5 Å². The molecule has 0 aromatic heterocycles. The average Bonchev–Trinajstić information content (AvgIpc) is 2.85. The van der Waals surface area contributed by atoms with Crippen molar-refractivity contribution in [1.29, 1.82) is 0 Å². The molecule has 2 aromatic carbocycles. The van der Waals surface area contributed by atoms with Gasteiger partial charge < -0.3 is 14.6 Å². The molecule has 10 heteroatoms. The number of halogens is 2. The highest BCUT2D eigenvalue weighted by Gasteiger charge is 2.24. The van der Waals surface area contributed by atoms with Crippen LogP contribution < -0.4 is 15.5 Å². The number of carbonyl (C=O) groups excluding carboxylic acids is 2. The second-order valence-corrected chi connectivity index (χ2v) is 8.04. The van der Waals surface area contributed by atoms with Crippen molar-refractivity contribution in [2.75, 3.05) is 18.5 Å². The Morgan fingerprint density at radius 3 is 2.50 bits per heavy atom. The van der Waals surface area contributed by atoms with Crippen molar-refractivity contribution in [2.24, 2.45) is 5.92 Å². The first-order valence-corrected chi connectivity index (χ1v) is 11.3. The first-order chi connectivity index (χ1) is 17.2. The maximum Gasteiger partial charge on any atom is 0.412 e. The Hall–Kier alpha value is -3.76. The minimum absolute atomic E-state index is 0.127. The molecule has 0 aliphatic carbocycles. The number of benzene rings is 2. The third-order valence-corrected chi connectivity index (χ3v) is 5.13. The molecule has 0 saturated heterocycles. The number of anilines is 1. The molecule has 0 heterocycles. The number of rotatable bonds is 12. The van der Waals surface area contributed by atoms with E-state index in [1.54, 1.807) is 37.3 Å². The van der Waals surface area contributed by atoms with Gasteiger partial charge in [0.25, 0.3) is 5.91 Å². The summed E-state index contributed by atoms with van der Waals surface area (Å²) in [7, 11) is 0. The standard InChI is InChI=1S/C26H30F2N2O6/c1-17(15-24(32)30-34)5-3-4-6-18(2)25(19-7-10-21(11-8-19)35-14-13-31)36-26(33)29-23-12-9-20(27)16-22(23)28/h3,5,7-12,15-16,18,25,31,34H,4,6,13-14H2,1-2H3,(H,29,33)(H,30,32)/b5-3+,17-15+/t18-,25+/m1/s1. The van der Waals surface area contributed by atoms with Gasteiger partial charge in [0, 0.05) is 12.1 Å². The van der Waals surface area contributed by atoms with Crippen LogP contribution in [0.15, 0.2) is 66.3 Å². The van der Waals surface area contributed by atoms with Gasteiger partial charge in [-0.2, -0.15) is 0 Å². The Bertz CT molecular complexity index is 1070. The Morgan fingerprint density at radius 1 is 1.14 bits per heavy atom. The number of aliphatic hydroxyl groups excluding tert-OH is 1. The van der Waals surface area contributed by atoms with E-state index in [-0.39, 0.29) is 24.8 Å². The highest BCUT2D eigenvalue weighted by atomic mass is 19.1. The average molecular weight is 505 g/mol. The fourth-order valence-corrected chi connectivity index (χ4v) is 3.34. The number of hydrogen-bond donors (Lipinski definition) is 4. The summed E-state index contributed by atoms with van der Waals surface area (Å²) in [5.74, 6) is -1.96. The van der Waals surface area contributed by atoms with Crippen molar-refractivity contribution in [2.45, 2.75) is 32.8 Å². The summed E-state index contributed by atoms with van der Waals surface area (Å²) < 4.78 is 38.1. The molecule has 2 rings (SSSR count). The number of allylic oxidation sites excluding steroid dienone is 3. The molecule has 0 bridgehead atoms. The van der Waals surface area contributed by atoms with Gasteiger partial charge in [-0.05, 0) is 61.1 Å². The molecule has 0 fully saturated rings. The SMILES string of the molecule is CC(/C=C/CC[C@@H](C)[C@H](OC(=O)Nc1ccc(F)cc1F)c1ccc(OCCO)cc1)=C\C(=O)NO. The molecule has 2 atom stereocenters. The fraction of sp³-hybridized carbons (Fsp3) is 0.308. The monoisotopic (exact) mass is 504 g/mol. The number of ether oxygens (including phenoxy) is 2. The summed E-state index contributed by atoms with van der Waals surface area (Å²) in [5, 5.41) is 19.8. The van der Waals surface area contributed by atoms with Crippen LogP contribution in [0.3, 0.4) is 0 Å². The molecule has 2 amide bonds. The molecule has 36 heavy (non-hydrogen) atoms. The third kappa shape index (κ3) is 9.47. The molecule has 0 aliphatic rings. The summed E-state index contributed by atoms with van der Waals surface area (Å²) >= 11 is 0. The summed E-state index contributed by atoms with van der Waals surface area (Å²) in [6.45, 7) is 3.61. The summed E-state index contributed by atoms with van der Waals surface area (Å²) in [4.78, 5) is 23.7. The maximum absolute atomic E-state index is 14.0. The third-order valence-electron chi connectivity index (χ3n) is 5.13. The van der Waals surface area contributed by atoms with E-state index >= 15 is 0 Å². The molecule has 8 nitrogen and oxygen atoms in total. The molecule has 0 aliphatic heterocycles. The van der Waals surface area contributed by atoms with Crippen LogP contribution in [-0.2, 0) is 9.53 Å². The van der Waals surface area contributed by atoms with Crippen molar-refractivity contribution in [3.8, 4) is 5.75 Å². The van der Waals surface area contributed by atoms with Crippen molar-refractivity contribution in [3.63, 3.8) is 0 Å². The van der Waals surface area contributed by atoms with Gasteiger partial charge in [-0.3, -0.25) is 15.3 Å². The van der Waals surface area contributed by atoms with E-state index in [0.717, 1.165) is 12.1 Å².